The fraction of sp³-hybridized carbons (Fsp3) is 0.111. The SMILES string of the molecule is NC(=O)OCc1cc(-n2ccnc2)nnc1Cl. The van der Waals surface area contributed by atoms with Crippen molar-refractivity contribution in [1.29, 1.82) is 0 Å². The Hall–Kier alpha value is -2.15. The molecule has 17 heavy (non-hydrogen) atoms. The van der Waals surface area contributed by atoms with Gasteiger partial charge in [-0.25, -0.2) is 9.78 Å². The first-order valence-corrected chi connectivity index (χ1v) is 4.97. The highest BCUT2D eigenvalue weighted by atomic mass is 35.5. The summed E-state index contributed by atoms with van der Waals surface area (Å²) >= 11 is 5.81. The highest BCUT2D eigenvalue weighted by molar-refractivity contribution is 6.30. The summed E-state index contributed by atoms with van der Waals surface area (Å²) in [6.45, 7) is -0.0502. The fourth-order valence-corrected chi connectivity index (χ4v) is 1.32. The Morgan fingerprint density at radius 2 is 2.35 bits per heavy atom. The van der Waals surface area contributed by atoms with E-state index in [9.17, 15) is 4.79 Å². The molecule has 0 saturated heterocycles. The first-order valence-electron chi connectivity index (χ1n) is 4.59. The van der Waals surface area contributed by atoms with Crippen molar-refractivity contribution in [3.05, 3.63) is 35.5 Å². The summed E-state index contributed by atoms with van der Waals surface area (Å²) in [4.78, 5) is 14.4. The number of nitrogens with two attached hydrogens (primary N) is 1. The zero-order valence-corrected chi connectivity index (χ0v) is 9.33. The van der Waals surface area contributed by atoms with Crippen molar-refractivity contribution in [2.45, 2.75) is 6.61 Å². The van der Waals surface area contributed by atoms with E-state index in [4.69, 9.17) is 17.3 Å². The number of rotatable bonds is 3. The van der Waals surface area contributed by atoms with Crippen LogP contribution in [0.1, 0.15) is 5.56 Å². The lowest BCUT2D eigenvalue weighted by atomic mass is 10.3. The molecule has 2 heterocycles. The van der Waals surface area contributed by atoms with Gasteiger partial charge in [0.15, 0.2) is 11.0 Å². The summed E-state index contributed by atoms with van der Waals surface area (Å²) in [6, 6.07) is 1.64. The number of primary amides is 1. The van der Waals surface area contributed by atoms with E-state index in [0.29, 0.717) is 11.4 Å². The summed E-state index contributed by atoms with van der Waals surface area (Å²) in [6.07, 6.45) is 4.01. The fourth-order valence-electron chi connectivity index (χ4n) is 1.17. The van der Waals surface area contributed by atoms with E-state index in [1.807, 2.05) is 0 Å². The second-order valence-corrected chi connectivity index (χ2v) is 3.45. The Morgan fingerprint density at radius 1 is 1.53 bits per heavy atom. The number of ether oxygens (including phenoxy) is 1. The summed E-state index contributed by atoms with van der Waals surface area (Å²) < 4.78 is 6.29. The Kier molecular flexibility index (Phi) is 3.20. The van der Waals surface area contributed by atoms with Crippen molar-refractivity contribution in [3.63, 3.8) is 0 Å². The molecule has 0 saturated carbocycles. The molecule has 0 spiro atoms. The molecule has 0 unspecified atom stereocenters. The zero-order valence-electron chi connectivity index (χ0n) is 8.58. The largest absolute Gasteiger partial charge is 0.445 e. The normalized spacial score (nSPS) is 10.2. The number of hydrogen-bond acceptors (Lipinski definition) is 5. The van der Waals surface area contributed by atoms with E-state index in [2.05, 4.69) is 19.9 Å². The molecular formula is C9H8ClN5O2. The monoisotopic (exact) mass is 253 g/mol. The standard InChI is InChI=1S/C9H8ClN5O2/c10-8-6(4-17-9(11)16)3-7(13-14-8)15-2-1-12-5-15/h1-3,5H,4H2,(H2,11,16). The molecule has 0 aliphatic rings. The third-order valence-corrected chi connectivity index (χ3v) is 2.27. The Balaban J connectivity index is 2.26. The van der Waals surface area contributed by atoms with Gasteiger partial charge in [0.1, 0.15) is 12.9 Å². The minimum absolute atomic E-state index is 0.0502. The van der Waals surface area contributed by atoms with Gasteiger partial charge in [0.25, 0.3) is 0 Å². The minimum Gasteiger partial charge on any atom is -0.445 e. The molecule has 2 rings (SSSR count). The van der Waals surface area contributed by atoms with Gasteiger partial charge in [0, 0.05) is 18.0 Å². The Morgan fingerprint density at radius 3 is 3.00 bits per heavy atom. The van der Waals surface area contributed by atoms with Crippen molar-refractivity contribution in [1.82, 2.24) is 19.7 Å². The Labute approximate surface area is 101 Å². The molecule has 7 nitrogen and oxygen atoms in total. The van der Waals surface area contributed by atoms with Gasteiger partial charge in [-0.3, -0.25) is 4.57 Å². The maximum absolute atomic E-state index is 10.5. The number of nitrogens with zero attached hydrogens (tertiary/aromatic N) is 4. The first kappa shape index (κ1) is 11.3. The molecular weight excluding hydrogens is 246 g/mol. The smallest absolute Gasteiger partial charge is 0.404 e. The Bertz CT molecular complexity index is 528. The quantitative estimate of drug-likeness (QED) is 0.877. The lowest BCUT2D eigenvalue weighted by Crippen LogP contribution is -2.13. The van der Waals surface area contributed by atoms with E-state index in [1.165, 1.54) is 0 Å². The van der Waals surface area contributed by atoms with Crippen LogP contribution in [0.4, 0.5) is 4.79 Å². The predicted octanol–water partition coefficient (Wildman–Crippen LogP) is 0.911. The highest BCUT2D eigenvalue weighted by Crippen LogP contribution is 2.15. The van der Waals surface area contributed by atoms with Crippen molar-refractivity contribution in [2.75, 3.05) is 0 Å². The number of halogens is 1. The van der Waals surface area contributed by atoms with Gasteiger partial charge in [0.2, 0.25) is 0 Å². The van der Waals surface area contributed by atoms with Crippen LogP contribution in [-0.4, -0.2) is 25.8 Å². The van der Waals surface area contributed by atoms with Gasteiger partial charge in [-0.05, 0) is 6.07 Å². The summed E-state index contributed by atoms with van der Waals surface area (Å²) in [7, 11) is 0. The van der Waals surface area contributed by atoms with Gasteiger partial charge in [-0.15, -0.1) is 10.2 Å². The molecule has 88 valence electrons. The molecule has 0 aliphatic carbocycles. The van der Waals surface area contributed by atoms with E-state index < -0.39 is 6.09 Å². The third kappa shape index (κ3) is 2.70. The van der Waals surface area contributed by atoms with E-state index in [0.717, 1.165) is 0 Å². The molecule has 0 fully saturated rings. The topological polar surface area (TPSA) is 95.9 Å². The lowest BCUT2D eigenvalue weighted by Gasteiger charge is -2.05. The number of carbonyl (C=O) groups excluding carboxylic acids is 1. The number of amides is 1. The van der Waals surface area contributed by atoms with Crippen LogP contribution in [0.3, 0.4) is 0 Å². The minimum atomic E-state index is -0.873. The number of imidazole rings is 1. The van der Waals surface area contributed by atoms with Crippen LogP contribution in [0.2, 0.25) is 5.15 Å². The van der Waals surface area contributed by atoms with Gasteiger partial charge < -0.3 is 10.5 Å². The molecule has 0 radical (unpaired) electrons. The van der Waals surface area contributed by atoms with Gasteiger partial charge in [0.05, 0.1) is 0 Å². The summed E-state index contributed by atoms with van der Waals surface area (Å²) in [5.41, 5.74) is 5.39. The number of aromatic nitrogens is 4. The van der Waals surface area contributed by atoms with E-state index in [-0.39, 0.29) is 11.8 Å². The van der Waals surface area contributed by atoms with Crippen molar-refractivity contribution >= 4 is 17.7 Å². The van der Waals surface area contributed by atoms with Crippen LogP contribution in [0.15, 0.2) is 24.8 Å². The molecule has 2 aromatic heterocycles. The van der Waals surface area contributed by atoms with E-state index >= 15 is 0 Å². The lowest BCUT2D eigenvalue weighted by molar-refractivity contribution is 0.150. The first-order chi connectivity index (χ1) is 8.16. The molecule has 8 heteroatoms. The van der Waals surface area contributed by atoms with Crippen LogP contribution < -0.4 is 5.73 Å². The maximum Gasteiger partial charge on any atom is 0.404 e. The predicted molar refractivity (Wildman–Crippen MR) is 58.5 cm³/mol. The van der Waals surface area contributed by atoms with Crippen molar-refractivity contribution in [3.8, 4) is 5.82 Å². The maximum atomic E-state index is 10.5. The zero-order chi connectivity index (χ0) is 12.3. The average molecular weight is 254 g/mol. The van der Waals surface area contributed by atoms with Gasteiger partial charge >= 0.3 is 6.09 Å². The average Bonchev–Trinajstić information content (AvgIpc) is 2.81. The van der Waals surface area contributed by atoms with Crippen LogP contribution in [0, 0.1) is 0 Å². The van der Waals surface area contributed by atoms with Crippen LogP contribution in [-0.2, 0) is 11.3 Å². The second-order valence-electron chi connectivity index (χ2n) is 3.10. The van der Waals surface area contributed by atoms with Crippen molar-refractivity contribution in [2.24, 2.45) is 5.73 Å². The van der Waals surface area contributed by atoms with Gasteiger partial charge in [-0.2, -0.15) is 0 Å². The van der Waals surface area contributed by atoms with Crippen molar-refractivity contribution < 1.29 is 9.53 Å². The number of hydrogen-bond donors (Lipinski definition) is 1. The third-order valence-electron chi connectivity index (χ3n) is 1.95. The second kappa shape index (κ2) is 4.79. The van der Waals surface area contributed by atoms with E-state index in [1.54, 1.807) is 29.4 Å². The molecule has 0 atom stereocenters. The van der Waals surface area contributed by atoms with Gasteiger partial charge in [-0.1, -0.05) is 11.6 Å². The van der Waals surface area contributed by atoms with Crippen LogP contribution in [0.5, 0.6) is 0 Å². The molecule has 2 N–H and O–H groups in total. The van der Waals surface area contributed by atoms with Crippen LogP contribution in [0.25, 0.3) is 5.82 Å². The molecule has 0 bridgehead atoms. The van der Waals surface area contributed by atoms with Crippen LogP contribution >= 0.6 is 11.6 Å². The summed E-state index contributed by atoms with van der Waals surface area (Å²) in [5.74, 6) is 0.523. The molecule has 1 amide bonds. The molecule has 0 aliphatic heterocycles. The highest BCUT2D eigenvalue weighted by Gasteiger charge is 2.08. The molecule has 2 aromatic rings. The molecule has 0 aromatic carbocycles. The summed E-state index contributed by atoms with van der Waals surface area (Å²) in [5, 5.41) is 7.79. The number of carbonyl (C=O) groups is 1.